The van der Waals surface area contributed by atoms with E-state index in [2.05, 4.69) is 14.9 Å². The summed E-state index contributed by atoms with van der Waals surface area (Å²) in [6.07, 6.45) is 0. The van der Waals surface area contributed by atoms with Crippen molar-refractivity contribution in [2.24, 2.45) is 0 Å². The van der Waals surface area contributed by atoms with Crippen molar-refractivity contribution < 1.29 is 22.7 Å². The lowest BCUT2D eigenvalue weighted by Gasteiger charge is -2.26. The second-order valence-electron chi connectivity index (χ2n) is 7.13. The Morgan fingerprint density at radius 3 is 2.55 bits per heavy atom. The summed E-state index contributed by atoms with van der Waals surface area (Å²) < 4.78 is 38.3. The molecular formula is C21H26ClN3O5S. The first kappa shape index (κ1) is 23.3. The van der Waals surface area contributed by atoms with Gasteiger partial charge in [-0.15, -0.1) is 0 Å². The normalized spacial score (nSPS) is 14.8. The molecule has 168 valence electrons. The molecule has 31 heavy (non-hydrogen) atoms. The molecule has 1 fully saturated rings. The average molecular weight is 468 g/mol. The smallest absolute Gasteiger partial charge is 0.261 e. The standard InChI is InChI=1S/C21H26ClN3O5S/c1-16-2-3-17(14-20(16)22)24-31(27,28)19-6-4-18(5-7-19)30-15-21(26)23-8-9-25-10-12-29-13-11-25/h2-7,14,24H,8-13,15H2,1H3,(H,23,26). The van der Waals surface area contributed by atoms with E-state index in [1.54, 1.807) is 18.2 Å². The summed E-state index contributed by atoms with van der Waals surface area (Å²) >= 11 is 6.05. The largest absolute Gasteiger partial charge is 0.484 e. The first-order valence-electron chi connectivity index (χ1n) is 9.92. The summed E-state index contributed by atoms with van der Waals surface area (Å²) in [5.74, 6) is 0.170. The van der Waals surface area contributed by atoms with Crippen molar-refractivity contribution in [2.75, 3.05) is 50.7 Å². The molecule has 2 aromatic rings. The maximum absolute atomic E-state index is 12.6. The third-order valence-corrected chi connectivity index (χ3v) is 6.59. The number of anilines is 1. The van der Waals surface area contributed by atoms with Gasteiger partial charge >= 0.3 is 0 Å². The first-order chi connectivity index (χ1) is 14.8. The van der Waals surface area contributed by atoms with Crippen LogP contribution in [-0.2, 0) is 19.6 Å². The number of morpholine rings is 1. The minimum Gasteiger partial charge on any atom is -0.484 e. The number of sulfonamides is 1. The number of rotatable bonds is 9. The Bertz CT molecular complexity index is 993. The van der Waals surface area contributed by atoms with E-state index < -0.39 is 10.0 Å². The van der Waals surface area contributed by atoms with Crippen LogP contribution < -0.4 is 14.8 Å². The van der Waals surface area contributed by atoms with Gasteiger partial charge < -0.3 is 14.8 Å². The summed E-state index contributed by atoms with van der Waals surface area (Å²) in [7, 11) is -3.77. The Kier molecular flexibility index (Phi) is 8.14. The number of benzene rings is 2. The van der Waals surface area contributed by atoms with Crippen molar-refractivity contribution in [3.8, 4) is 5.75 Å². The number of carbonyl (C=O) groups excluding carboxylic acids is 1. The number of nitrogens with zero attached hydrogens (tertiary/aromatic N) is 1. The number of aryl methyl sites for hydroxylation is 1. The highest BCUT2D eigenvalue weighted by molar-refractivity contribution is 7.92. The number of amides is 1. The van der Waals surface area contributed by atoms with Crippen LogP contribution in [0.15, 0.2) is 47.4 Å². The van der Waals surface area contributed by atoms with Crippen LogP contribution >= 0.6 is 11.6 Å². The number of ether oxygens (including phenoxy) is 2. The lowest BCUT2D eigenvalue weighted by Crippen LogP contribution is -2.42. The number of hydrogen-bond donors (Lipinski definition) is 2. The number of halogens is 1. The van der Waals surface area contributed by atoms with Crippen LogP contribution in [0.2, 0.25) is 5.02 Å². The fourth-order valence-electron chi connectivity index (χ4n) is 2.96. The zero-order valence-corrected chi connectivity index (χ0v) is 18.8. The Morgan fingerprint density at radius 2 is 1.87 bits per heavy atom. The topological polar surface area (TPSA) is 97.0 Å². The van der Waals surface area contributed by atoms with Crippen molar-refractivity contribution >= 4 is 33.2 Å². The van der Waals surface area contributed by atoms with Crippen LogP contribution in [0.5, 0.6) is 5.75 Å². The molecule has 0 bridgehead atoms. The van der Waals surface area contributed by atoms with Gasteiger partial charge in [-0.3, -0.25) is 14.4 Å². The van der Waals surface area contributed by atoms with Gasteiger partial charge in [0.05, 0.1) is 23.8 Å². The summed E-state index contributed by atoms with van der Waals surface area (Å²) in [4.78, 5) is 14.2. The molecule has 0 saturated carbocycles. The molecule has 2 N–H and O–H groups in total. The van der Waals surface area contributed by atoms with Crippen LogP contribution in [0.25, 0.3) is 0 Å². The highest BCUT2D eigenvalue weighted by Gasteiger charge is 2.15. The van der Waals surface area contributed by atoms with E-state index in [9.17, 15) is 13.2 Å². The third kappa shape index (κ3) is 7.10. The van der Waals surface area contributed by atoms with Crippen molar-refractivity contribution in [1.82, 2.24) is 10.2 Å². The third-order valence-electron chi connectivity index (χ3n) is 4.78. The maximum atomic E-state index is 12.6. The number of nitrogens with one attached hydrogen (secondary N) is 2. The van der Waals surface area contributed by atoms with Gasteiger partial charge in [0.1, 0.15) is 5.75 Å². The molecule has 0 radical (unpaired) electrons. The quantitative estimate of drug-likeness (QED) is 0.587. The van der Waals surface area contributed by atoms with Gasteiger partial charge in [0, 0.05) is 31.2 Å². The summed E-state index contributed by atoms with van der Waals surface area (Å²) in [6, 6.07) is 10.8. The molecule has 8 nitrogen and oxygen atoms in total. The van der Waals surface area contributed by atoms with Crippen LogP contribution in [-0.4, -0.2) is 65.2 Å². The lowest BCUT2D eigenvalue weighted by atomic mass is 10.2. The SMILES string of the molecule is Cc1ccc(NS(=O)(=O)c2ccc(OCC(=O)NCCN3CCOCC3)cc2)cc1Cl. The zero-order chi connectivity index (χ0) is 22.3. The van der Waals surface area contributed by atoms with Crippen LogP contribution in [0.1, 0.15) is 5.56 Å². The molecule has 1 aliphatic heterocycles. The van der Waals surface area contributed by atoms with Gasteiger partial charge in [-0.1, -0.05) is 17.7 Å². The Balaban J connectivity index is 1.46. The van der Waals surface area contributed by atoms with Crippen molar-refractivity contribution in [1.29, 1.82) is 0 Å². The Morgan fingerprint density at radius 1 is 1.16 bits per heavy atom. The molecule has 1 heterocycles. The van der Waals surface area contributed by atoms with Gasteiger partial charge in [-0.2, -0.15) is 0 Å². The summed E-state index contributed by atoms with van der Waals surface area (Å²) in [5, 5.41) is 3.29. The van der Waals surface area contributed by atoms with Crippen molar-refractivity contribution in [3.63, 3.8) is 0 Å². The molecule has 1 amide bonds. The monoisotopic (exact) mass is 467 g/mol. The summed E-state index contributed by atoms with van der Waals surface area (Å²) in [6.45, 7) is 6.17. The molecule has 1 saturated heterocycles. The minimum absolute atomic E-state index is 0.0755. The molecule has 0 aromatic heterocycles. The second kappa shape index (κ2) is 10.8. The molecule has 3 rings (SSSR count). The summed E-state index contributed by atoms with van der Waals surface area (Å²) in [5.41, 5.74) is 1.24. The fraction of sp³-hybridized carbons (Fsp3) is 0.381. The highest BCUT2D eigenvalue weighted by atomic mass is 35.5. The van der Waals surface area contributed by atoms with E-state index >= 15 is 0 Å². The molecule has 0 aliphatic carbocycles. The minimum atomic E-state index is -3.77. The second-order valence-corrected chi connectivity index (χ2v) is 9.22. The van der Waals surface area contributed by atoms with Crippen LogP contribution in [0, 0.1) is 6.92 Å². The van der Waals surface area contributed by atoms with Gasteiger partial charge in [0.25, 0.3) is 15.9 Å². The van der Waals surface area contributed by atoms with Gasteiger partial charge in [0.2, 0.25) is 0 Å². The highest BCUT2D eigenvalue weighted by Crippen LogP contribution is 2.23. The van der Waals surface area contributed by atoms with Gasteiger partial charge in [-0.25, -0.2) is 8.42 Å². The van der Waals surface area contributed by atoms with E-state index in [0.29, 0.717) is 23.0 Å². The average Bonchev–Trinajstić information content (AvgIpc) is 2.76. The van der Waals surface area contributed by atoms with Crippen molar-refractivity contribution in [2.45, 2.75) is 11.8 Å². The van der Waals surface area contributed by atoms with Crippen LogP contribution in [0.4, 0.5) is 5.69 Å². The Labute approximate surface area is 187 Å². The number of hydrogen-bond acceptors (Lipinski definition) is 6. The molecular weight excluding hydrogens is 442 g/mol. The van der Waals surface area contributed by atoms with Crippen LogP contribution in [0.3, 0.4) is 0 Å². The first-order valence-corrected chi connectivity index (χ1v) is 11.8. The molecule has 0 unspecified atom stereocenters. The van der Waals surface area contributed by atoms with E-state index in [1.165, 1.54) is 24.3 Å². The lowest BCUT2D eigenvalue weighted by molar-refractivity contribution is -0.123. The van der Waals surface area contributed by atoms with E-state index in [0.717, 1.165) is 38.4 Å². The molecule has 10 heteroatoms. The maximum Gasteiger partial charge on any atom is 0.261 e. The predicted octanol–water partition coefficient (Wildman–Crippen LogP) is 2.28. The molecule has 1 aliphatic rings. The molecule has 0 spiro atoms. The predicted molar refractivity (Wildman–Crippen MR) is 119 cm³/mol. The van der Waals surface area contributed by atoms with E-state index in [1.807, 2.05) is 6.92 Å². The Hall–Kier alpha value is -2.33. The number of carbonyl (C=O) groups is 1. The van der Waals surface area contributed by atoms with Gasteiger partial charge in [-0.05, 0) is 48.9 Å². The van der Waals surface area contributed by atoms with E-state index in [-0.39, 0.29) is 17.4 Å². The van der Waals surface area contributed by atoms with E-state index in [4.69, 9.17) is 21.1 Å². The zero-order valence-electron chi connectivity index (χ0n) is 17.3. The molecule has 0 atom stereocenters. The fourth-order valence-corrected chi connectivity index (χ4v) is 4.19. The molecule has 2 aromatic carbocycles. The van der Waals surface area contributed by atoms with Gasteiger partial charge in [0.15, 0.2) is 6.61 Å². The van der Waals surface area contributed by atoms with Crippen molar-refractivity contribution in [3.05, 3.63) is 53.1 Å².